The fraction of sp³-hybridized carbons (Fsp3) is 0.300. The zero-order valence-corrected chi connectivity index (χ0v) is 8.11. The van der Waals surface area contributed by atoms with Crippen LogP contribution in [0.25, 0.3) is 0 Å². The first-order chi connectivity index (χ1) is 6.66. The van der Waals surface area contributed by atoms with Gasteiger partial charge in [0.2, 0.25) is 0 Å². The van der Waals surface area contributed by atoms with Crippen LogP contribution >= 0.6 is 0 Å². The van der Waals surface area contributed by atoms with Crippen molar-refractivity contribution in [2.75, 3.05) is 6.61 Å². The Labute approximate surface area is 81.9 Å². The first kappa shape index (κ1) is 10.4. The molecule has 1 heterocycles. The Hall–Kier alpha value is -1.71. The fourth-order valence-corrected chi connectivity index (χ4v) is 1.06. The number of hydrogen-bond donors (Lipinski definition) is 0. The van der Waals surface area contributed by atoms with E-state index in [-0.39, 0.29) is 11.3 Å². The van der Waals surface area contributed by atoms with Gasteiger partial charge in [0.1, 0.15) is 0 Å². The summed E-state index contributed by atoms with van der Waals surface area (Å²) < 4.78 is 4.80. The topological polar surface area (TPSA) is 56.3 Å². The lowest BCUT2D eigenvalue weighted by atomic mass is 10.1. The second kappa shape index (κ2) is 4.50. The minimum absolute atomic E-state index is 0.193. The maximum absolute atomic E-state index is 11.4. The lowest BCUT2D eigenvalue weighted by Crippen LogP contribution is -2.10. The van der Waals surface area contributed by atoms with Crippen molar-refractivity contribution in [3.8, 4) is 0 Å². The van der Waals surface area contributed by atoms with Crippen molar-refractivity contribution < 1.29 is 14.3 Å². The largest absolute Gasteiger partial charge is 0.462 e. The molecule has 0 aliphatic rings. The Morgan fingerprint density at radius 3 is 2.71 bits per heavy atom. The number of pyridine rings is 1. The van der Waals surface area contributed by atoms with Gasteiger partial charge in [-0.05, 0) is 19.9 Å². The first-order valence-corrected chi connectivity index (χ1v) is 4.29. The molecule has 0 aliphatic heterocycles. The van der Waals surface area contributed by atoms with Crippen molar-refractivity contribution in [1.29, 1.82) is 0 Å². The van der Waals surface area contributed by atoms with Crippen molar-refractivity contribution in [3.05, 3.63) is 29.6 Å². The molecule has 4 heteroatoms. The van der Waals surface area contributed by atoms with Gasteiger partial charge in [-0.1, -0.05) is 0 Å². The van der Waals surface area contributed by atoms with E-state index in [0.29, 0.717) is 12.2 Å². The molecule has 14 heavy (non-hydrogen) atoms. The van der Waals surface area contributed by atoms with E-state index in [4.69, 9.17) is 4.74 Å². The third-order valence-corrected chi connectivity index (χ3v) is 1.70. The number of ketones is 1. The number of rotatable bonds is 3. The van der Waals surface area contributed by atoms with Crippen LogP contribution in [-0.4, -0.2) is 23.3 Å². The monoisotopic (exact) mass is 193 g/mol. The summed E-state index contributed by atoms with van der Waals surface area (Å²) in [5.74, 6) is -0.679. The van der Waals surface area contributed by atoms with Gasteiger partial charge in [-0.15, -0.1) is 0 Å². The summed E-state index contributed by atoms with van der Waals surface area (Å²) in [4.78, 5) is 26.3. The summed E-state index contributed by atoms with van der Waals surface area (Å²) in [5.41, 5.74) is 0.570. The predicted molar refractivity (Wildman–Crippen MR) is 50.2 cm³/mol. The molecule has 4 nitrogen and oxygen atoms in total. The number of nitrogens with zero attached hydrogens (tertiary/aromatic N) is 1. The average Bonchev–Trinajstić information content (AvgIpc) is 2.18. The molecule has 0 atom stereocenters. The van der Waals surface area contributed by atoms with Crippen LogP contribution in [0.4, 0.5) is 0 Å². The van der Waals surface area contributed by atoms with Crippen LogP contribution in [0, 0.1) is 0 Å². The molecule has 1 aromatic rings. The number of carbonyl (C=O) groups is 2. The molecule has 0 saturated carbocycles. The van der Waals surface area contributed by atoms with E-state index in [2.05, 4.69) is 4.98 Å². The molecule has 0 fully saturated rings. The van der Waals surface area contributed by atoms with E-state index in [1.165, 1.54) is 25.4 Å². The molecule has 0 amide bonds. The molecule has 1 aromatic heterocycles. The van der Waals surface area contributed by atoms with Crippen LogP contribution in [0.1, 0.15) is 34.6 Å². The summed E-state index contributed by atoms with van der Waals surface area (Å²) in [6, 6.07) is 1.48. The third-order valence-electron chi connectivity index (χ3n) is 1.70. The van der Waals surface area contributed by atoms with Crippen LogP contribution in [0.5, 0.6) is 0 Å². The van der Waals surface area contributed by atoms with Crippen molar-refractivity contribution in [2.45, 2.75) is 13.8 Å². The molecular weight excluding hydrogens is 182 g/mol. The van der Waals surface area contributed by atoms with Gasteiger partial charge in [0.05, 0.1) is 17.7 Å². The molecular formula is C10H11NO3. The summed E-state index contributed by atoms with van der Waals surface area (Å²) in [7, 11) is 0. The molecule has 0 N–H and O–H groups in total. The lowest BCUT2D eigenvalue weighted by molar-refractivity contribution is 0.0523. The quantitative estimate of drug-likeness (QED) is 0.538. The minimum atomic E-state index is -0.486. The van der Waals surface area contributed by atoms with Crippen molar-refractivity contribution in [2.24, 2.45) is 0 Å². The smallest absolute Gasteiger partial charge is 0.338 e. The summed E-state index contributed by atoms with van der Waals surface area (Å²) in [6.45, 7) is 3.39. The third kappa shape index (κ3) is 2.16. The zero-order valence-electron chi connectivity index (χ0n) is 8.11. The maximum Gasteiger partial charge on any atom is 0.338 e. The van der Waals surface area contributed by atoms with E-state index in [1.807, 2.05) is 0 Å². The van der Waals surface area contributed by atoms with Gasteiger partial charge < -0.3 is 4.74 Å². The number of carbonyl (C=O) groups excluding carboxylic acids is 2. The van der Waals surface area contributed by atoms with Crippen LogP contribution < -0.4 is 0 Å². The molecule has 0 saturated heterocycles. The van der Waals surface area contributed by atoms with Crippen LogP contribution in [0.15, 0.2) is 18.5 Å². The highest BCUT2D eigenvalue weighted by Gasteiger charge is 2.14. The molecule has 0 aliphatic carbocycles. The number of aromatic nitrogens is 1. The average molecular weight is 193 g/mol. The molecule has 0 radical (unpaired) electrons. The molecule has 0 aromatic carbocycles. The second-order valence-electron chi connectivity index (χ2n) is 2.70. The SMILES string of the molecule is CCOC(=O)c1ccncc1C(C)=O. The van der Waals surface area contributed by atoms with Gasteiger partial charge in [-0.3, -0.25) is 9.78 Å². The highest BCUT2D eigenvalue weighted by Crippen LogP contribution is 2.09. The van der Waals surface area contributed by atoms with E-state index in [0.717, 1.165) is 0 Å². The van der Waals surface area contributed by atoms with Crippen LogP contribution in [0.2, 0.25) is 0 Å². The first-order valence-electron chi connectivity index (χ1n) is 4.29. The molecule has 0 spiro atoms. The summed E-state index contributed by atoms with van der Waals surface area (Å²) >= 11 is 0. The zero-order chi connectivity index (χ0) is 10.6. The van der Waals surface area contributed by atoms with E-state index < -0.39 is 5.97 Å². The Bertz CT molecular complexity index is 360. The Morgan fingerprint density at radius 2 is 2.14 bits per heavy atom. The Kier molecular flexibility index (Phi) is 3.34. The number of esters is 1. The lowest BCUT2D eigenvalue weighted by Gasteiger charge is -2.04. The number of ether oxygens (including phenoxy) is 1. The highest BCUT2D eigenvalue weighted by molar-refractivity contribution is 6.04. The normalized spacial score (nSPS) is 9.57. The van der Waals surface area contributed by atoms with E-state index >= 15 is 0 Å². The highest BCUT2D eigenvalue weighted by atomic mass is 16.5. The van der Waals surface area contributed by atoms with Gasteiger partial charge in [-0.2, -0.15) is 0 Å². The second-order valence-corrected chi connectivity index (χ2v) is 2.70. The molecule has 74 valence electrons. The van der Waals surface area contributed by atoms with Crippen molar-refractivity contribution in [3.63, 3.8) is 0 Å². The molecule has 0 bridgehead atoms. The van der Waals surface area contributed by atoms with Gasteiger partial charge >= 0.3 is 5.97 Å². The number of hydrogen-bond acceptors (Lipinski definition) is 4. The standard InChI is InChI=1S/C10H11NO3/c1-3-14-10(13)8-4-5-11-6-9(8)7(2)12/h4-6H,3H2,1-2H3. The predicted octanol–water partition coefficient (Wildman–Crippen LogP) is 1.46. The fourth-order valence-electron chi connectivity index (χ4n) is 1.06. The van der Waals surface area contributed by atoms with Gasteiger partial charge in [0.25, 0.3) is 0 Å². The van der Waals surface area contributed by atoms with E-state index in [1.54, 1.807) is 6.92 Å². The maximum atomic E-state index is 11.4. The van der Waals surface area contributed by atoms with Crippen LogP contribution in [0.3, 0.4) is 0 Å². The summed E-state index contributed by atoms with van der Waals surface area (Å²) in [5, 5.41) is 0. The summed E-state index contributed by atoms with van der Waals surface area (Å²) in [6.07, 6.45) is 2.83. The van der Waals surface area contributed by atoms with Gasteiger partial charge in [0.15, 0.2) is 5.78 Å². The number of Topliss-reactive ketones (excluding diaryl/α,β-unsaturated/α-hetero) is 1. The van der Waals surface area contributed by atoms with Gasteiger partial charge in [-0.25, -0.2) is 4.79 Å². The minimum Gasteiger partial charge on any atom is -0.462 e. The van der Waals surface area contributed by atoms with Crippen molar-refractivity contribution >= 4 is 11.8 Å². The van der Waals surface area contributed by atoms with Crippen molar-refractivity contribution in [1.82, 2.24) is 4.98 Å². The Balaban J connectivity index is 3.07. The van der Waals surface area contributed by atoms with Gasteiger partial charge in [0, 0.05) is 12.4 Å². The van der Waals surface area contributed by atoms with E-state index in [9.17, 15) is 9.59 Å². The molecule has 0 unspecified atom stereocenters. The Morgan fingerprint density at radius 1 is 1.43 bits per heavy atom. The molecule has 1 rings (SSSR count). The van der Waals surface area contributed by atoms with Crippen LogP contribution in [-0.2, 0) is 4.74 Å².